The highest BCUT2D eigenvalue weighted by atomic mass is 32.2. The Labute approximate surface area is 203 Å². The van der Waals surface area contributed by atoms with Crippen LogP contribution in [0.4, 0.5) is 5.69 Å². The third-order valence-electron chi connectivity index (χ3n) is 5.54. The molecule has 8 nitrogen and oxygen atoms in total. The second kappa shape index (κ2) is 9.42. The van der Waals surface area contributed by atoms with Crippen LogP contribution in [0.2, 0.25) is 0 Å². The van der Waals surface area contributed by atoms with Gasteiger partial charge in [-0.15, -0.1) is 0 Å². The summed E-state index contributed by atoms with van der Waals surface area (Å²) in [7, 11) is -1.75. The summed E-state index contributed by atoms with van der Waals surface area (Å²) in [5, 5.41) is 1.79. The molecule has 0 spiro atoms. The molecule has 0 aliphatic rings. The smallest absolute Gasteiger partial charge is 0.332 e. The lowest BCUT2D eigenvalue weighted by Crippen LogP contribution is -2.27. The van der Waals surface area contributed by atoms with Gasteiger partial charge in [-0.1, -0.05) is 32.0 Å². The summed E-state index contributed by atoms with van der Waals surface area (Å²) in [5.74, 6) is 1.06. The number of fused-ring (bicyclic) bond motifs is 1. The van der Waals surface area contributed by atoms with Crippen LogP contribution in [-0.2, 0) is 16.4 Å². The summed E-state index contributed by atoms with van der Waals surface area (Å²) in [6.45, 7) is 4.21. The molecule has 0 radical (unpaired) electrons. The van der Waals surface area contributed by atoms with Crippen molar-refractivity contribution in [2.24, 2.45) is 5.92 Å². The van der Waals surface area contributed by atoms with E-state index >= 15 is 0 Å². The number of H-pyrrole nitrogens is 1. The van der Waals surface area contributed by atoms with Gasteiger partial charge in [0, 0.05) is 23.5 Å². The standard InChI is InChI=1S/C26H27N3O5S/c1-16(2)11-20-14-22(29-10-9-24(30)27-26(29)31)15-23(25(20)34-3)19-6-5-18-13-21(28-35(4,32)33)8-7-17(18)12-19/h5-10,12-16,28H,11H2,1-4H3,(H,27,30,31). The van der Waals surface area contributed by atoms with Gasteiger partial charge in [-0.3, -0.25) is 19.1 Å². The molecule has 0 aliphatic carbocycles. The quantitative estimate of drug-likeness (QED) is 0.405. The zero-order valence-electron chi connectivity index (χ0n) is 20.0. The SMILES string of the molecule is COc1c(CC(C)C)cc(-n2ccc(=O)[nH]c2=O)cc1-c1ccc2cc(NS(C)(=O)=O)ccc2c1. The molecule has 4 aromatic rings. The molecule has 182 valence electrons. The number of nitrogens with one attached hydrogen (secondary N) is 2. The minimum atomic E-state index is -3.37. The molecule has 0 fully saturated rings. The van der Waals surface area contributed by atoms with Crippen molar-refractivity contribution < 1.29 is 13.2 Å². The molecule has 4 rings (SSSR count). The number of ether oxygens (including phenoxy) is 1. The van der Waals surface area contributed by atoms with Gasteiger partial charge in [-0.2, -0.15) is 0 Å². The summed E-state index contributed by atoms with van der Waals surface area (Å²) in [4.78, 5) is 26.4. The van der Waals surface area contributed by atoms with Gasteiger partial charge in [-0.05, 0) is 64.6 Å². The van der Waals surface area contributed by atoms with Crippen molar-refractivity contribution in [3.63, 3.8) is 0 Å². The van der Waals surface area contributed by atoms with Gasteiger partial charge in [0.15, 0.2) is 0 Å². The second-order valence-corrected chi connectivity index (χ2v) is 10.7. The van der Waals surface area contributed by atoms with E-state index < -0.39 is 21.3 Å². The van der Waals surface area contributed by atoms with E-state index in [0.717, 1.165) is 45.9 Å². The van der Waals surface area contributed by atoms with Crippen LogP contribution in [0.25, 0.3) is 27.6 Å². The fourth-order valence-electron chi connectivity index (χ4n) is 4.17. The molecule has 0 amide bonds. The van der Waals surface area contributed by atoms with Gasteiger partial charge in [0.05, 0.1) is 19.1 Å². The number of benzene rings is 3. The Morgan fingerprint density at radius 3 is 2.37 bits per heavy atom. The third-order valence-corrected chi connectivity index (χ3v) is 6.15. The normalized spacial score (nSPS) is 11.7. The first-order valence-electron chi connectivity index (χ1n) is 11.1. The average molecular weight is 494 g/mol. The van der Waals surface area contributed by atoms with Crippen molar-refractivity contribution in [1.82, 2.24) is 9.55 Å². The van der Waals surface area contributed by atoms with Gasteiger partial charge in [0.1, 0.15) is 5.75 Å². The van der Waals surface area contributed by atoms with E-state index in [4.69, 9.17) is 4.74 Å². The Balaban J connectivity index is 1.90. The maximum Gasteiger partial charge on any atom is 0.332 e. The molecule has 0 aliphatic heterocycles. The van der Waals surface area contributed by atoms with Crippen molar-refractivity contribution in [2.45, 2.75) is 20.3 Å². The Morgan fingerprint density at radius 1 is 1.00 bits per heavy atom. The van der Waals surface area contributed by atoms with Crippen LogP contribution < -0.4 is 20.7 Å². The van der Waals surface area contributed by atoms with Crippen LogP contribution in [0, 0.1) is 5.92 Å². The number of aromatic amines is 1. The number of nitrogens with zero attached hydrogens (tertiary/aromatic N) is 1. The highest BCUT2D eigenvalue weighted by molar-refractivity contribution is 7.92. The lowest BCUT2D eigenvalue weighted by Gasteiger charge is -2.19. The second-order valence-electron chi connectivity index (χ2n) is 8.91. The minimum absolute atomic E-state index is 0.344. The number of rotatable bonds is 7. The van der Waals surface area contributed by atoms with Gasteiger partial charge in [0.25, 0.3) is 5.56 Å². The number of hydrogen-bond donors (Lipinski definition) is 2. The summed E-state index contributed by atoms with van der Waals surface area (Å²) >= 11 is 0. The maximum atomic E-state index is 12.5. The zero-order chi connectivity index (χ0) is 25.3. The monoisotopic (exact) mass is 493 g/mol. The first-order chi connectivity index (χ1) is 16.5. The first-order valence-corrected chi connectivity index (χ1v) is 13.0. The van der Waals surface area contributed by atoms with Crippen LogP contribution in [0.3, 0.4) is 0 Å². The van der Waals surface area contributed by atoms with E-state index in [-0.39, 0.29) is 0 Å². The van der Waals surface area contributed by atoms with Crippen molar-refractivity contribution in [3.05, 3.63) is 87.2 Å². The number of aromatic nitrogens is 2. The van der Waals surface area contributed by atoms with E-state index in [0.29, 0.717) is 17.3 Å². The highest BCUT2D eigenvalue weighted by Crippen LogP contribution is 2.38. The molecule has 1 heterocycles. The summed E-state index contributed by atoms with van der Waals surface area (Å²) in [6, 6.07) is 16.3. The number of sulfonamides is 1. The van der Waals surface area contributed by atoms with E-state index in [1.807, 2.05) is 36.4 Å². The van der Waals surface area contributed by atoms with Crippen molar-refractivity contribution >= 4 is 26.5 Å². The largest absolute Gasteiger partial charge is 0.496 e. The Morgan fingerprint density at radius 2 is 1.71 bits per heavy atom. The predicted octanol–water partition coefficient (Wildman–Crippen LogP) is 3.92. The van der Waals surface area contributed by atoms with E-state index in [2.05, 4.69) is 23.6 Å². The molecule has 0 unspecified atom stereocenters. The first kappa shape index (κ1) is 24.3. The van der Waals surface area contributed by atoms with Crippen molar-refractivity contribution in [3.8, 4) is 22.6 Å². The molecule has 0 saturated carbocycles. The summed E-state index contributed by atoms with van der Waals surface area (Å²) < 4.78 is 32.9. The van der Waals surface area contributed by atoms with Gasteiger partial charge in [0.2, 0.25) is 10.0 Å². The van der Waals surface area contributed by atoms with Crippen molar-refractivity contribution in [1.29, 1.82) is 0 Å². The Kier molecular flexibility index (Phi) is 6.53. The molecule has 0 atom stereocenters. The molecule has 35 heavy (non-hydrogen) atoms. The fourth-order valence-corrected chi connectivity index (χ4v) is 4.72. The molecule has 3 aromatic carbocycles. The van der Waals surface area contributed by atoms with Gasteiger partial charge in [-0.25, -0.2) is 13.2 Å². The van der Waals surface area contributed by atoms with Gasteiger partial charge >= 0.3 is 5.69 Å². The van der Waals surface area contributed by atoms with Gasteiger partial charge < -0.3 is 4.74 Å². The third kappa shape index (κ3) is 5.46. The zero-order valence-corrected chi connectivity index (χ0v) is 20.8. The maximum absolute atomic E-state index is 12.5. The number of methoxy groups -OCH3 is 1. The highest BCUT2D eigenvalue weighted by Gasteiger charge is 2.17. The van der Waals surface area contributed by atoms with Crippen molar-refractivity contribution in [2.75, 3.05) is 18.1 Å². The number of hydrogen-bond acceptors (Lipinski definition) is 5. The summed E-state index contributed by atoms with van der Waals surface area (Å²) in [5.41, 5.74) is 2.76. The lowest BCUT2D eigenvalue weighted by atomic mass is 9.94. The van der Waals surface area contributed by atoms with E-state index in [9.17, 15) is 18.0 Å². The van der Waals surface area contributed by atoms with Crippen LogP contribution in [-0.4, -0.2) is 31.3 Å². The molecule has 0 saturated heterocycles. The predicted molar refractivity (Wildman–Crippen MR) is 139 cm³/mol. The van der Waals surface area contributed by atoms with E-state index in [1.54, 1.807) is 19.2 Å². The average Bonchev–Trinajstić information content (AvgIpc) is 2.77. The van der Waals surface area contributed by atoms with Crippen LogP contribution in [0.15, 0.2) is 70.4 Å². The molecule has 9 heteroatoms. The molecular weight excluding hydrogens is 466 g/mol. The fraction of sp³-hybridized carbons (Fsp3) is 0.231. The van der Waals surface area contributed by atoms with Crippen LogP contribution in [0.5, 0.6) is 5.75 Å². The lowest BCUT2D eigenvalue weighted by molar-refractivity contribution is 0.408. The van der Waals surface area contributed by atoms with Crippen LogP contribution >= 0.6 is 0 Å². The topological polar surface area (TPSA) is 110 Å². The minimum Gasteiger partial charge on any atom is -0.496 e. The van der Waals surface area contributed by atoms with E-state index in [1.165, 1.54) is 16.8 Å². The molecular formula is C26H27N3O5S. The number of anilines is 1. The Hall–Kier alpha value is -3.85. The molecule has 0 bridgehead atoms. The Bertz CT molecular complexity index is 1640. The molecule has 2 N–H and O–H groups in total. The summed E-state index contributed by atoms with van der Waals surface area (Å²) in [6.07, 6.45) is 3.31. The molecule has 1 aromatic heterocycles. The van der Waals surface area contributed by atoms with Crippen LogP contribution in [0.1, 0.15) is 19.4 Å².